The van der Waals surface area contributed by atoms with Crippen LogP contribution in [0, 0.1) is 19.8 Å². The SMILES string of the molecule is CCN1CCC(C(CN)c2nc(C)c(C)s2)CC1. The van der Waals surface area contributed by atoms with E-state index in [2.05, 4.69) is 25.7 Å². The number of piperidine rings is 1. The first-order valence-corrected chi connectivity index (χ1v) is 7.83. The highest BCUT2D eigenvalue weighted by atomic mass is 32.1. The van der Waals surface area contributed by atoms with Gasteiger partial charge in [0.1, 0.15) is 0 Å². The van der Waals surface area contributed by atoms with Crippen LogP contribution < -0.4 is 5.73 Å². The highest BCUT2D eigenvalue weighted by molar-refractivity contribution is 7.11. The lowest BCUT2D eigenvalue weighted by molar-refractivity contribution is 0.176. The van der Waals surface area contributed by atoms with Crippen LogP contribution in [0.1, 0.15) is 41.3 Å². The second-order valence-electron chi connectivity index (χ2n) is 5.31. The van der Waals surface area contributed by atoms with E-state index in [0.717, 1.165) is 12.5 Å². The number of thiazole rings is 1. The molecule has 0 saturated carbocycles. The molecular formula is C14H25N3S. The maximum Gasteiger partial charge on any atom is 0.0977 e. The number of rotatable bonds is 4. The molecule has 0 amide bonds. The molecule has 1 saturated heterocycles. The zero-order valence-electron chi connectivity index (χ0n) is 11.8. The molecule has 0 aliphatic carbocycles. The summed E-state index contributed by atoms with van der Waals surface area (Å²) in [6.45, 7) is 10.9. The number of likely N-dealkylation sites (tertiary alicyclic amines) is 1. The van der Waals surface area contributed by atoms with Gasteiger partial charge in [0, 0.05) is 17.3 Å². The van der Waals surface area contributed by atoms with Crippen LogP contribution >= 0.6 is 11.3 Å². The quantitative estimate of drug-likeness (QED) is 0.911. The fourth-order valence-electron chi connectivity index (χ4n) is 2.82. The summed E-state index contributed by atoms with van der Waals surface area (Å²) >= 11 is 1.84. The van der Waals surface area contributed by atoms with Gasteiger partial charge in [0.05, 0.1) is 10.7 Å². The summed E-state index contributed by atoms with van der Waals surface area (Å²) in [6.07, 6.45) is 2.54. The Morgan fingerprint density at radius 2 is 2.06 bits per heavy atom. The lowest BCUT2D eigenvalue weighted by Crippen LogP contribution is -2.36. The average molecular weight is 267 g/mol. The van der Waals surface area contributed by atoms with Crippen LogP contribution in [0.15, 0.2) is 0 Å². The van der Waals surface area contributed by atoms with Gasteiger partial charge in [-0.2, -0.15) is 0 Å². The third-order valence-electron chi connectivity index (χ3n) is 4.26. The van der Waals surface area contributed by atoms with Crippen molar-refractivity contribution in [3.8, 4) is 0 Å². The highest BCUT2D eigenvalue weighted by Gasteiger charge is 2.28. The van der Waals surface area contributed by atoms with Crippen LogP contribution in [-0.2, 0) is 0 Å². The first kappa shape index (κ1) is 14.0. The van der Waals surface area contributed by atoms with E-state index in [9.17, 15) is 0 Å². The minimum atomic E-state index is 0.474. The van der Waals surface area contributed by atoms with Gasteiger partial charge in [0.15, 0.2) is 0 Å². The molecule has 2 rings (SSSR count). The van der Waals surface area contributed by atoms with Gasteiger partial charge in [-0.05, 0) is 52.2 Å². The number of hydrogen-bond donors (Lipinski definition) is 1. The minimum absolute atomic E-state index is 0.474. The Balaban J connectivity index is 2.05. The number of aromatic nitrogens is 1. The topological polar surface area (TPSA) is 42.1 Å². The van der Waals surface area contributed by atoms with Crippen molar-refractivity contribution in [1.29, 1.82) is 0 Å². The molecule has 2 heterocycles. The van der Waals surface area contributed by atoms with Crippen molar-refractivity contribution < 1.29 is 0 Å². The predicted octanol–water partition coefficient (Wildman–Crippen LogP) is 2.53. The average Bonchev–Trinajstić information content (AvgIpc) is 2.71. The van der Waals surface area contributed by atoms with E-state index >= 15 is 0 Å². The smallest absolute Gasteiger partial charge is 0.0977 e. The summed E-state index contributed by atoms with van der Waals surface area (Å²) < 4.78 is 0. The van der Waals surface area contributed by atoms with Crippen LogP contribution in [-0.4, -0.2) is 36.1 Å². The highest BCUT2D eigenvalue weighted by Crippen LogP contribution is 2.34. The first-order chi connectivity index (χ1) is 8.65. The normalized spacial score (nSPS) is 20.2. The van der Waals surface area contributed by atoms with E-state index in [1.165, 1.54) is 48.1 Å². The lowest BCUT2D eigenvalue weighted by Gasteiger charge is -2.34. The van der Waals surface area contributed by atoms with Crippen LogP contribution in [0.2, 0.25) is 0 Å². The molecule has 1 aromatic rings. The molecule has 0 spiro atoms. The van der Waals surface area contributed by atoms with E-state index in [1.54, 1.807) is 0 Å². The molecule has 1 aromatic heterocycles. The van der Waals surface area contributed by atoms with Crippen molar-refractivity contribution in [1.82, 2.24) is 9.88 Å². The lowest BCUT2D eigenvalue weighted by atomic mass is 9.84. The van der Waals surface area contributed by atoms with E-state index in [4.69, 9.17) is 10.7 Å². The Hall–Kier alpha value is -0.450. The van der Waals surface area contributed by atoms with Gasteiger partial charge >= 0.3 is 0 Å². The van der Waals surface area contributed by atoms with Gasteiger partial charge in [-0.1, -0.05) is 6.92 Å². The Bertz CT molecular complexity index is 361. The molecule has 18 heavy (non-hydrogen) atoms. The maximum atomic E-state index is 6.02. The second kappa shape index (κ2) is 6.13. The molecule has 0 aromatic carbocycles. The Labute approximate surface area is 114 Å². The van der Waals surface area contributed by atoms with E-state index < -0.39 is 0 Å². The number of nitrogens with zero attached hydrogens (tertiary/aromatic N) is 2. The van der Waals surface area contributed by atoms with Crippen molar-refractivity contribution in [2.75, 3.05) is 26.2 Å². The van der Waals surface area contributed by atoms with Crippen LogP contribution in [0.4, 0.5) is 0 Å². The molecule has 1 fully saturated rings. The van der Waals surface area contributed by atoms with E-state index in [-0.39, 0.29) is 0 Å². The molecule has 2 N–H and O–H groups in total. The zero-order valence-corrected chi connectivity index (χ0v) is 12.6. The maximum absolute atomic E-state index is 6.02. The molecule has 0 bridgehead atoms. The molecule has 3 nitrogen and oxygen atoms in total. The largest absolute Gasteiger partial charge is 0.330 e. The van der Waals surface area contributed by atoms with Gasteiger partial charge < -0.3 is 10.6 Å². The van der Waals surface area contributed by atoms with Crippen molar-refractivity contribution in [3.63, 3.8) is 0 Å². The summed E-state index contributed by atoms with van der Waals surface area (Å²) in [7, 11) is 0. The molecule has 102 valence electrons. The standard InChI is InChI=1S/C14H25N3S/c1-4-17-7-5-12(6-8-17)13(9-15)14-16-10(2)11(3)18-14/h12-13H,4-9,15H2,1-3H3. The van der Waals surface area contributed by atoms with E-state index in [0.29, 0.717) is 5.92 Å². The van der Waals surface area contributed by atoms with E-state index in [1.807, 2.05) is 11.3 Å². The Morgan fingerprint density at radius 1 is 1.39 bits per heavy atom. The summed E-state index contributed by atoms with van der Waals surface area (Å²) in [5.41, 5.74) is 7.20. The summed E-state index contributed by atoms with van der Waals surface area (Å²) in [5.74, 6) is 1.20. The number of nitrogens with two attached hydrogens (primary N) is 1. The predicted molar refractivity (Wildman–Crippen MR) is 78.2 cm³/mol. The van der Waals surface area contributed by atoms with Gasteiger partial charge in [-0.15, -0.1) is 11.3 Å². The van der Waals surface area contributed by atoms with Crippen molar-refractivity contribution in [3.05, 3.63) is 15.6 Å². The molecule has 1 aliphatic rings. The van der Waals surface area contributed by atoms with Crippen molar-refractivity contribution in [2.24, 2.45) is 11.7 Å². The summed E-state index contributed by atoms with van der Waals surface area (Å²) in [5, 5.41) is 1.27. The first-order valence-electron chi connectivity index (χ1n) is 7.02. The fourth-order valence-corrected chi connectivity index (χ4v) is 3.95. The van der Waals surface area contributed by atoms with Crippen LogP contribution in [0.25, 0.3) is 0 Å². The molecule has 0 radical (unpaired) electrons. The second-order valence-corrected chi connectivity index (χ2v) is 6.54. The Kier molecular flexibility index (Phi) is 4.76. The van der Waals surface area contributed by atoms with Crippen LogP contribution in [0.3, 0.4) is 0 Å². The number of aryl methyl sites for hydroxylation is 2. The van der Waals surface area contributed by atoms with Crippen molar-refractivity contribution >= 4 is 11.3 Å². The molecule has 4 heteroatoms. The zero-order chi connectivity index (χ0) is 13.1. The van der Waals surface area contributed by atoms with Crippen LogP contribution in [0.5, 0.6) is 0 Å². The summed E-state index contributed by atoms with van der Waals surface area (Å²) in [4.78, 5) is 8.59. The van der Waals surface area contributed by atoms with Gasteiger partial charge in [-0.25, -0.2) is 4.98 Å². The molecule has 1 unspecified atom stereocenters. The third kappa shape index (κ3) is 2.92. The monoisotopic (exact) mass is 267 g/mol. The number of hydrogen-bond acceptors (Lipinski definition) is 4. The van der Waals surface area contributed by atoms with Gasteiger partial charge in [-0.3, -0.25) is 0 Å². The minimum Gasteiger partial charge on any atom is -0.330 e. The van der Waals surface area contributed by atoms with Crippen molar-refractivity contribution in [2.45, 2.75) is 39.5 Å². The molecule has 1 atom stereocenters. The third-order valence-corrected chi connectivity index (χ3v) is 5.47. The fraction of sp³-hybridized carbons (Fsp3) is 0.786. The molecular weight excluding hydrogens is 242 g/mol. The molecule has 1 aliphatic heterocycles. The summed E-state index contributed by atoms with van der Waals surface area (Å²) in [6, 6.07) is 0. The Morgan fingerprint density at radius 3 is 2.50 bits per heavy atom. The van der Waals surface area contributed by atoms with Gasteiger partial charge in [0.25, 0.3) is 0 Å². The van der Waals surface area contributed by atoms with Gasteiger partial charge in [0.2, 0.25) is 0 Å².